The van der Waals surface area contributed by atoms with E-state index in [1.807, 2.05) is 30.3 Å². The van der Waals surface area contributed by atoms with Gasteiger partial charge in [0.1, 0.15) is 0 Å². The van der Waals surface area contributed by atoms with Crippen molar-refractivity contribution < 1.29 is 13.2 Å². The van der Waals surface area contributed by atoms with E-state index in [0.29, 0.717) is 11.6 Å². The Balaban J connectivity index is 2.03. The average molecular weight is 438 g/mol. The van der Waals surface area contributed by atoms with Crippen molar-refractivity contribution in [1.29, 1.82) is 0 Å². The first-order valence-electron chi connectivity index (χ1n) is 9.57. The zero-order valence-corrected chi connectivity index (χ0v) is 18.6. The summed E-state index contributed by atoms with van der Waals surface area (Å²) in [4.78, 5) is 14.8. The maximum Gasteiger partial charge on any atom is 0.243 e. The monoisotopic (exact) mass is 437 g/mol. The predicted octanol–water partition coefficient (Wildman–Crippen LogP) is 3.16. The highest BCUT2D eigenvalue weighted by molar-refractivity contribution is 7.89. The smallest absolute Gasteiger partial charge is 0.243 e. The fourth-order valence-electron chi connectivity index (χ4n) is 3.14. The summed E-state index contributed by atoms with van der Waals surface area (Å²) in [5.41, 5.74) is 1.11. The number of likely N-dealkylation sites (N-methyl/N-ethyl adjacent to an activating group) is 2. The van der Waals surface area contributed by atoms with Crippen LogP contribution >= 0.6 is 11.6 Å². The summed E-state index contributed by atoms with van der Waals surface area (Å²) in [6.45, 7) is 5.99. The van der Waals surface area contributed by atoms with E-state index < -0.39 is 10.0 Å². The number of halogens is 1. The second kappa shape index (κ2) is 10.7. The fraction of sp³-hybridized carbons (Fsp3) is 0.381. The van der Waals surface area contributed by atoms with Crippen molar-refractivity contribution in [3.8, 4) is 0 Å². The van der Waals surface area contributed by atoms with Crippen LogP contribution in [0.4, 0.5) is 0 Å². The summed E-state index contributed by atoms with van der Waals surface area (Å²) in [6, 6.07) is 15.9. The molecule has 6 nitrogen and oxygen atoms in total. The van der Waals surface area contributed by atoms with Crippen molar-refractivity contribution in [2.75, 3.05) is 33.2 Å². The van der Waals surface area contributed by atoms with Crippen LogP contribution in [0.2, 0.25) is 5.02 Å². The summed E-state index contributed by atoms with van der Waals surface area (Å²) in [5.74, 6) is -0.349. The van der Waals surface area contributed by atoms with Crippen molar-refractivity contribution >= 4 is 27.5 Å². The van der Waals surface area contributed by atoms with Gasteiger partial charge >= 0.3 is 0 Å². The van der Waals surface area contributed by atoms with E-state index in [1.165, 1.54) is 31.3 Å². The maximum atomic E-state index is 12.6. The number of nitrogens with zero attached hydrogens (tertiary/aromatic N) is 2. The van der Waals surface area contributed by atoms with E-state index in [0.717, 1.165) is 23.0 Å². The first kappa shape index (κ1) is 23.3. The van der Waals surface area contributed by atoms with E-state index in [1.54, 1.807) is 0 Å². The Kier molecular flexibility index (Phi) is 8.64. The van der Waals surface area contributed by atoms with E-state index in [2.05, 4.69) is 24.1 Å². The molecule has 0 aliphatic heterocycles. The van der Waals surface area contributed by atoms with Crippen LogP contribution in [0.3, 0.4) is 0 Å². The van der Waals surface area contributed by atoms with Gasteiger partial charge in [0, 0.05) is 18.6 Å². The Morgan fingerprint density at radius 1 is 1.03 bits per heavy atom. The molecule has 0 saturated heterocycles. The molecule has 0 radical (unpaired) electrons. The number of sulfonamides is 1. The van der Waals surface area contributed by atoms with Crippen LogP contribution in [0.1, 0.15) is 25.5 Å². The van der Waals surface area contributed by atoms with E-state index in [4.69, 9.17) is 11.6 Å². The molecule has 1 atom stereocenters. The molecule has 2 rings (SSSR count). The van der Waals surface area contributed by atoms with Gasteiger partial charge in [-0.05, 0) is 42.9 Å². The number of amides is 1. The van der Waals surface area contributed by atoms with Gasteiger partial charge in [0.2, 0.25) is 15.9 Å². The molecule has 158 valence electrons. The minimum Gasteiger partial charge on any atom is -0.353 e. The van der Waals surface area contributed by atoms with Gasteiger partial charge < -0.3 is 5.32 Å². The Morgan fingerprint density at radius 2 is 1.62 bits per heavy atom. The fourth-order valence-corrected chi connectivity index (χ4v) is 4.39. The zero-order chi connectivity index (χ0) is 21.4. The largest absolute Gasteiger partial charge is 0.353 e. The lowest BCUT2D eigenvalue weighted by molar-refractivity contribution is -0.121. The number of benzene rings is 2. The third-order valence-corrected chi connectivity index (χ3v) is 6.89. The number of rotatable bonds is 10. The summed E-state index contributed by atoms with van der Waals surface area (Å²) in [6.07, 6.45) is 0. The second-order valence-electron chi connectivity index (χ2n) is 6.67. The van der Waals surface area contributed by atoms with E-state index in [9.17, 15) is 13.2 Å². The van der Waals surface area contributed by atoms with Gasteiger partial charge in [-0.15, -0.1) is 0 Å². The Morgan fingerprint density at radius 3 is 2.17 bits per heavy atom. The number of carbonyl (C=O) groups excluding carboxylic acids is 1. The molecular weight excluding hydrogens is 410 g/mol. The second-order valence-corrected chi connectivity index (χ2v) is 9.15. The van der Waals surface area contributed by atoms with Crippen molar-refractivity contribution in [2.24, 2.45) is 0 Å². The quantitative estimate of drug-likeness (QED) is 0.619. The van der Waals surface area contributed by atoms with E-state index >= 15 is 0 Å². The van der Waals surface area contributed by atoms with Gasteiger partial charge in [0.05, 0.1) is 17.5 Å². The number of nitrogens with one attached hydrogen (secondary N) is 1. The molecule has 1 N–H and O–H groups in total. The third-order valence-electron chi connectivity index (χ3n) is 4.82. The topological polar surface area (TPSA) is 69.7 Å². The molecule has 2 aromatic carbocycles. The maximum absolute atomic E-state index is 12.6. The molecule has 0 bridgehead atoms. The molecule has 29 heavy (non-hydrogen) atoms. The molecule has 0 spiro atoms. The van der Waals surface area contributed by atoms with Gasteiger partial charge in [0.15, 0.2) is 0 Å². The average Bonchev–Trinajstić information content (AvgIpc) is 2.72. The summed E-state index contributed by atoms with van der Waals surface area (Å²) >= 11 is 5.82. The highest BCUT2D eigenvalue weighted by Gasteiger charge is 2.24. The molecule has 0 heterocycles. The van der Waals surface area contributed by atoms with Crippen LogP contribution in [0.25, 0.3) is 0 Å². The first-order valence-corrected chi connectivity index (χ1v) is 11.4. The number of hydrogen-bond donors (Lipinski definition) is 1. The molecule has 0 aliphatic carbocycles. The molecule has 2 aromatic rings. The van der Waals surface area contributed by atoms with Crippen LogP contribution < -0.4 is 5.32 Å². The van der Waals surface area contributed by atoms with Gasteiger partial charge in [0.25, 0.3) is 0 Å². The van der Waals surface area contributed by atoms with E-state index in [-0.39, 0.29) is 23.4 Å². The van der Waals surface area contributed by atoms with Crippen LogP contribution in [-0.4, -0.2) is 56.8 Å². The lowest BCUT2D eigenvalue weighted by Crippen LogP contribution is -2.42. The van der Waals surface area contributed by atoms with Crippen molar-refractivity contribution in [1.82, 2.24) is 14.5 Å². The summed E-state index contributed by atoms with van der Waals surface area (Å²) in [5, 5.41) is 3.34. The SMILES string of the molecule is CCN(CC)C(CNC(=O)CN(C)S(=O)(=O)c1ccc(Cl)cc1)c1ccccc1. The van der Waals surface area contributed by atoms with Crippen LogP contribution in [0.15, 0.2) is 59.5 Å². The number of hydrogen-bond acceptors (Lipinski definition) is 4. The normalized spacial score (nSPS) is 12.9. The minimum atomic E-state index is -3.76. The number of carbonyl (C=O) groups is 1. The van der Waals surface area contributed by atoms with Crippen molar-refractivity contribution in [3.05, 3.63) is 65.2 Å². The molecule has 1 unspecified atom stereocenters. The highest BCUT2D eigenvalue weighted by Crippen LogP contribution is 2.20. The Bertz CT molecular complexity index is 885. The van der Waals surface area contributed by atoms with Gasteiger partial charge in [-0.2, -0.15) is 4.31 Å². The molecule has 1 amide bonds. The molecular formula is C21H28ClN3O3S. The Labute approximate surface area is 178 Å². The summed E-state index contributed by atoms with van der Waals surface area (Å²) < 4.78 is 26.3. The molecule has 0 fully saturated rings. The minimum absolute atomic E-state index is 0.0216. The summed E-state index contributed by atoms with van der Waals surface area (Å²) in [7, 11) is -2.37. The molecule has 0 saturated carbocycles. The molecule has 0 aliphatic rings. The van der Waals surface area contributed by atoms with Crippen LogP contribution in [0.5, 0.6) is 0 Å². The zero-order valence-electron chi connectivity index (χ0n) is 17.0. The lowest BCUT2D eigenvalue weighted by atomic mass is 10.1. The van der Waals surface area contributed by atoms with Gasteiger partial charge in [-0.3, -0.25) is 9.69 Å². The van der Waals surface area contributed by atoms with Gasteiger partial charge in [-0.25, -0.2) is 8.42 Å². The van der Waals surface area contributed by atoms with Crippen molar-refractivity contribution in [3.63, 3.8) is 0 Å². The lowest BCUT2D eigenvalue weighted by Gasteiger charge is -2.30. The van der Waals surface area contributed by atoms with Gasteiger partial charge in [-0.1, -0.05) is 55.8 Å². The standard InChI is InChI=1S/C21H28ClN3O3S/c1-4-25(5-2)20(17-9-7-6-8-10-17)15-23-21(26)16-24(3)29(27,28)19-13-11-18(22)12-14-19/h6-14,20H,4-5,15-16H2,1-3H3,(H,23,26). The molecule has 8 heteroatoms. The Hall–Kier alpha value is -1.93. The van der Waals surface area contributed by atoms with Crippen molar-refractivity contribution in [2.45, 2.75) is 24.8 Å². The first-order chi connectivity index (χ1) is 13.8. The molecule has 0 aromatic heterocycles. The third kappa shape index (κ3) is 6.27. The predicted molar refractivity (Wildman–Crippen MR) is 116 cm³/mol. The van der Waals surface area contributed by atoms with Crippen LogP contribution in [0, 0.1) is 0 Å². The highest BCUT2D eigenvalue weighted by atomic mass is 35.5. The van der Waals surface area contributed by atoms with Crippen LogP contribution in [-0.2, 0) is 14.8 Å².